The van der Waals surface area contributed by atoms with Gasteiger partial charge in [0.1, 0.15) is 0 Å². The van der Waals surface area contributed by atoms with Crippen LogP contribution in [0, 0.1) is 0 Å². The molecule has 8 nitrogen and oxygen atoms in total. The summed E-state index contributed by atoms with van der Waals surface area (Å²) in [6, 6.07) is 9.35. The molecule has 2 aromatic carbocycles. The molecule has 1 amide bonds. The number of benzene rings is 2. The Morgan fingerprint density at radius 1 is 0.897 bits per heavy atom. The molecule has 0 fully saturated rings. The number of amides is 1. The fourth-order valence-electron chi connectivity index (χ4n) is 2.54. The van der Waals surface area contributed by atoms with Crippen molar-refractivity contribution < 1.29 is 33.3 Å². The van der Waals surface area contributed by atoms with Gasteiger partial charge in [-0.15, -0.1) is 0 Å². The number of anilines is 1. The Morgan fingerprint density at radius 2 is 1.52 bits per heavy atom. The highest BCUT2D eigenvalue weighted by Gasteiger charge is 2.22. The summed E-state index contributed by atoms with van der Waals surface area (Å²) < 4.78 is 20.9. The summed E-state index contributed by atoms with van der Waals surface area (Å²) in [5, 5.41) is 2.62. The molecular formula is C21H23NO7. The summed E-state index contributed by atoms with van der Waals surface area (Å²) in [4.78, 5) is 36.3. The van der Waals surface area contributed by atoms with Crippen LogP contribution in [0.3, 0.4) is 0 Å². The van der Waals surface area contributed by atoms with E-state index in [0.29, 0.717) is 17.0 Å². The summed E-state index contributed by atoms with van der Waals surface area (Å²) in [5.74, 6) is -0.476. The molecule has 2 rings (SSSR count). The molecule has 0 spiro atoms. The van der Waals surface area contributed by atoms with E-state index in [4.69, 9.17) is 18.9 Å². The predicted molar refractivity (Wildman–Crippen MR) is 106 cm³/mol. The fourth-order valence-corrected chi connectivity index (χ4v) is 2.54. The second-order valence-electron chi connectivity index (χ2n) is 6.09. The molecule has 0 saturated carbocycles. The van der Waals surface area contributed by atoms with Gasteiger partial charge in [-0.3, -0.25) is 9.59 Å². The first kappa shape index (κ1) is 21.7. The summed E-state index contributed by atoms with van der Waals surface area (Å²) in [6.45, 7) is 2.88. The summed E-state index contributed by atoms with van der Waals surface area (Å²) in [6.07, 6.45) is -1.08. The number of methoxy groups -OCH3 is 3. The Balaban J connectivity index is 2.13. The highest BCUT2D eigenvalue weighted by Crippen LogP contribution is 2.38. The van der Waals surface area contributed by atoms with Gasteiger partial charge >= 0.3 is 5.97 Å². The standard InChI is InChI=1S/C21H23NO7/c1-12(23)14-7-6-8-16(9-14)22-20(24)13(2)29-21(25)15-10-17(26-3)19(28-5)18(11-15)27-4/h6-11,13H,1-5H3,(H,22,24)/t13-/m0/s1. The largest absolute Gasteiger partial charge is 0.493 e. The second-order valence-corrected chi connectivity index (χ2v) is 6.09. The van der Waals surface area contributed by atoms with Crippen molar-refractivity contribution in [3.63, 3.8) is 0 Å². The zero-order valence-corrected chi connectivity index (χ0v) is 16.9. The predicted octanol–water partition coefficient (Wildman–Crippen LogP) is 3.10. The Kier molecular flexibility index (Phi) is 7.19. The van der Waals surface area contributed by atoms with Crippen molar-refractivity contribution in [2.75, 3.05) is 26.6 Å². The molecule has 0 bridgehead atoms. The van der Waals surface area contributed by atoms with Crippen molar-refractivity contribution in [2.45, 2.75) is 20.0 Å². The van der Waals surface area contributed by atoms with Crippen LogP contribution in [-0.4, -0.2) is 45.1 Å². The number of carbonyl (C=O) groups is 3. The number of ether oxygens (including phenoxy) is 4. The van der Waals surface area contributed by atoms with E-state index in [9.17, 15) is 14.4 Å². The quantitative estimate of drug-likeness (QED) is 0.536. The Bertz CT molecular complexity index is 898. The van der Waals surface area contributed by atoms with Crippen molar-refractivity contribution >= 4 is 23.3 Å². The minimum absolute atomic E-state index is 0.122. The van der Waals surface area contributed by atoms with Crippen LogP contribution in [0.25, 0.3) is 0 Å². The number of Topliss-reactive ketones (excluding diaryl/α,β-unsaturated/α-hetero) is 1. The summed E-state index contributed by atoms with van der Waals surface area (Å²) in [5.41, 5.74) is 1.03. The van der Waals surface area contributed by atoms with Crippen LogP contribution >= 0.6 is 0 Å². The van der Waals surface area contributed by atoms with Crippen LogP contribution in [0.2, 0.25) is 0 Å². The number of rotatable bonds is 8. The van der Waals surface area contributed by atoms with Gasteiger partial charge in [-0.05, 0) is 38.1 Å². The molecule has 0 aliphatic rings. The van der Waals surface area contributed by atoms with Crippen LogP contribution in [0.4, 0.5) is 5.69 Å². The maximum Gasteiger partial charge on any atom is 0.339 e. The average molecular weight is 401 g/mol. The highest BCUT2D eigenvalue weighted by molar-refractivity contribution is 5.99. The highest BCUT2D eigenvalue weighted by atomic mass is 16.5. The zero-order valence-electron chi connectivity index (χ0n) is 16.9. The Labute approximate surface area is 168 Å². The topological polar surface area (TPSA) is 100 Å². The number of hydrogen-bond acceptors (Lipinski definition) is 7. The summed E-state index contributed by atoms with van der Waals surface area (Å²) >= 11 is 0. The van der Waals surface area contributed by atoms with E-state index in [1.54, 1.807) is 24.3 Å². The number of hydrogen-bond donors (Lipinski definition) is 1. The van der Waals surface area contributed by atoms with Gasteiger partial charge in [0.25, 0.3) is 5.91 Å². The van der Waals surface area contributed by atoms with E-state index >= 15 is 0 Å². The molecule has 0 unspecified atom stereocenters. The normalized spacial score (nSPS) is 11.2. The molecule has 0 heterocycles. The van der Waals surface area contributed by atoms with E-state index in [-0.39, 0.29) is 22.8 Å². The van der Waals surface area contributed by atoms with Crippen molar-refractivity contribution in [3.05, 3.63) is 47.5 Å². The molecule has 1 atom stereocenters. The van der Waals surface area contributed by atoms with Gasteiger partial charge in [0.15, 0.2) is 23.4 Å². The van der Waals surface area contributed by atoms with Gasteiger partial charge in [-0.25, -0.2) is 4.79 Å². The smallest absolute Gasteiger partial charge is 0.339 e. The minimum Gasteiger partial charge on any atom is -0.493 e. The van der Waals surface area contributed by atoms with E-state index in [1.807, 2.05) is 0 Å². The molecule has 0 aliphatic heterocycles. The van der Waals surface area contributed by atoms with Gasteiger partial charge in [-0.1, -0.05) is 12.1 Å². The lowest BCUT2D eigenvalue weighted by molar-refractivity contribution is -0.123. The van der Waals surface area contributed by atoms with Crippen LogP contribution in [-0.2, 0) is 9.53 Å². The lowest BCUT2D eigenvalue weighted by atomic mass is 10.1. The Morgan fingerprint density at radius 3 is 2.03 bits per heavy atom. The number of carbonyl (C=O) groups excluding carboxylic acids is 3. The molecule has 29 heavy (non-hydrogen) atoms. The third kappa shape index (κ3) is 5.25. The Hall–Kier alpha value is -3.55. The minimum atomic E-state index is -1.08. The monoisotopic (exact) mass is 401 g/mol. The maximum atomic E-state index is 12.5. The molecule has 0 radical (unpaired) electrons. The third-order valence-corrected chi connectivity index (χ3v) is 4.09. The van der Waals surface area contributed by atoms with E-state index in [2.05, 4.69) is 5.32 Å². The number of nitrogens with one attached hydrogen (secondary N) is 1. The molecule has 154 valence electrons. The average Bonchev–Trinajstić information content (AvgIpc) is 2.72. The lowest BCUT2D eigenvalue weighted by Gasteiger charge is -2.16. The van der Waals surface area contributed by atoms with Crippen molar-refractivity contribution in [2.24, 2.45) is 0 Å². The second kappa shape index (κ2) is 9.59. The first-order valence-electron chi connectivity index (χ1n) is 8.73. The lowest BCUT2D eigenvalue weighted by Crippen LogP contribution is -2.30. The fraction of sp³-hybridized carbons (Fsp3) is 0.286. The van der Waals surface area contributed by atoms with Crippen LogP contribution in [0.15, 0.2) is 36.4 Å². The number of esters is 1. The van der Waals surface area contributed by atoms with Crippen LogP contribution < -0.4 is 19.5 Å². The van der Waals surface area contributed by atoms with Gasteiger partial charge in [0.2, 0.25) is 5.75 Å². The van der Waals surface area contributed by atoms with Crippen molar-refractivity contribution in [1.82, 2.24) is 0 Å². The molecular weight excluding hydrogens is 378 g/mol. The van der Waals surface area contributed by atoms with E-state index in [1.165, 1.54) is 47.3 Å². The molecule has 1 N–H and O–H groups in total. The first-order valence-corrected chi connectivity index (χ1v) is 8.73. The van der Waals surface area contributed by atoms with E-state index < -0.39 is 18.0 Å². The molecule has 0 aromatic heterocycles. The maximum absolute atomic E-state index is 12.5. The van der Waals surface area contributed by atoms with Crippen LogP contribution in [0.5, 0.6) is 17.2 Å². The van der Waals surface area contributed by atoms with Crippen molar-refractivity contribution in [1.29, 1.82) is 0 Å². The van der Waals surface area contributed by atoms with Gasteiger partial charge in [0.05, 0.1) is 26.9 Å². The molecule has 0 saturated heterocycles. The summed E-state index contributed by atoms with van der Waals surface area (Å²) in [7, 11) is 4.31. The first-order chi connectivity index (χ1) is 13.8. The van der Waals surface area contributed by atoms with Crippen LogP contribution in [0.1, 0.15) is 34.6 Å². The zero-order chi connectivity index (χ0) is 21.6. The van der Waals surface area contributed by atoms with Gasteiger partial charge < -0.3 is 24.3 Å². The van der Waals surface area contributed by atoms with Gasteiger partial charge in [0, 0.05) is 11.3 Å². The number of ketones is 1. The van der Waals surface area contributed by atoms with E-state index in [0.717, 1.165) is 0 Å². The SMILES string of the molecule is COc1cc(C(=O)O[C@@H](C)C(=O)Nc2cccc(C(C)=O)c2)cc(OC)c1OC. The molecule has 0 aliphatic carbocycles. The van der Waals surface area contributed by atoms with Gasteiger partial charge in [-0.2, -0.15) is 0 Å². The third-order valence-electron chi connectivity index (χ3n) is 4.09. The van der Waals surface area contributed by atoms with Crippen molar-refractivity contribution in [3.8, 4) is 17.2 Å². The molecule has 8 heteroatoms. The molecule has 2 aromatic rings.